The summed E-state index contributed by atoms with van der Waals surface area (Å²) < 4.78 is 3.86. The molecular weight excluding hydrogens is 695 g/mol. The van der Waals surface area contributed by atoms with Gasteiger partial charge < -0.3 is 0 Å². The Hall–Kier alpha value is -6.53. The van der Waals surface area contributed by atoms with E-state index in [4.69, 9.17) is 15.0 Å². The van der Waals surface area contributed by atoms with Crippen molar-refractivity contribution >= 4 is 74.7 Å². The summed E-state index contributed by atoms with van der Waals surface area (Å²) in [5.74, 6) is 0.723. The van der Waals surface area contributed by atoms with Crippen LogP contribution in [0.2, 0.25) is 0 Å². The molecule has 0 radical (unpaired) electrons. The van der Waals surface area contributed by atoms with Crippen molar-refractivity contribution < 1.29 is 0 Å². The molecule has 54 heavy (non-hydrogen) atoms. The van der Waals surface area contributed by atoms with Gasteiger partial charge in [-0.15, -0.1) is 22.7 Å². The maximum Gasteiger partial charge on any atom is 0.160 e. The molecule has 0 spiro atoms. The molecule has 0 N–H and O–H groups in total. The smallest absolute Gasteiger partial charge is 0.160 e. The lowest BCUT2D eigenvalue weighted by Crippen LogP contribution is -1.95. The van der Waals surface area contributed by atoms with Gasteiger partial charge in [0.1, 0.15) is 0 Å². The largest absolute Gasteiger partial charge is 0.247 e. The van der Waals surface area contributed by atoms with E-state index in [0.29, 0.717) is 0 Å². The number of nitrogens with zero attached hydrogens (tertiary/aromatic N) is 3. The summed E-state index contributed by atoms with van der Waals surface area (Å²) in [6, 6.07) is 62.3. The van der Waals surface area contributed by atoms with Gasteiger partial charge in [-0.3, -0.25) is 0 Å². The number of thiophene rings is 2. The fraction of sp³-hybridized carbons (Fsp3) is 0. The fourth-order valence-corrected chi connectivity index (χ4v) is 10.5. The van der Waals surface area contributed by atoms with Gasteiger partial charge in [-0.1, -0.05) is 158 Å². The van der Waals surface area contributed by atoms with Gasteiger partial charge in [0.25, 0.3) is 0 Å². The number of rotatable bonds is 5. The first-order chi connectivity index (χ1) is 26.8. The Bertz CT molecular complexity index is 3200. The van der Waals surface area contributed by atoms with Gasteiger partial charge in [0.05, 0.1) is 22.4 Å². The zero-order valence-electron chi connectivity index (χ0n) is 28.9. The molecule has 0 saturated heterocycles. The van der Waals surface area contributed by atoms with Crippen LogP contribution in [0.1, 0.15) is 0 Å². The number of aromatic nitrogens is 3. The summed E-state index contributed by atoms with van der Waals surface area (Å²) in [5, 5.41) is 5.98. The zero-order valence-corrected chi connectivity index (χ0v) is 30.5. The van der Waals surface area contributed by atoms with Crippen LogP contribution in [0, 0.1) is 0 Å². The van der Waals surface area contributed by atoms with Crippen LogP contribution in [-0.2, 0) is 0 Å². The van der Waals surface area contributed by atoms with Crippen molar-refractivity contribution in [3.05, 3.63) is 176 Å². The lowest BCUT2D eigenvalue weighted by Gasteiger charge is -2.13. The highest BCUT2D eigenvalue weighted by molar-refractivity contribution is 7.28. The van der Waals surface area contributed by atoms with Crippen LogP contribution in [-0.4, -0.2) is 15.0 Å². The molecule has 0 aliphatic heterocycles. The minimum atomic E-state index is 0.723. The predicted molar refractivity (Wildman–Crippen MR) is 230 cm³/mol. The van der Waals surface area contributed by atoms with Crippen molar-refractivity contribution in [3.63, 3.8) is 0 Å². The molecular formula is C49H29N3S2. The van der Waals surface area contributed by atoms with Crippen LogP contribution in [0.25, 0.3) is 108 Å². The molecule has 11 rings (SSSR count). The lowest BCUT2D eigenvalue weighted by atomic mass is 9.93. The van der Waals surface area contributed by atoms with Crippen molar-refractivity contribution in [2.24, 2.45) is 0 Å². The van der Waals surface area contributed by atoms with E-state index < -0.39 is 0 Å². The topological polar surface area (TPSA) is 38.7 Å². The number of para-hydroxylation sites is 2. The van der Waals surface area contributed by atoms with Gasteiger partial charge in [-0.25, -0.2) is 15.0 Å². The summed E-state index contributed by atoms with van der Waals surface area (Å²) in [4.78, 5) is 16.8. The molecule has 0 aliphatic carbocycles. The van der Waals surface area contributed by atoms with Crippen LogP contribution in [0.5, 0.6) is 0 Å². The van der Waals surface area contributed by atoms with Gasteiger partial charge in [0, 0.05) is 73.7 Å². The van der Waals surface area contributed by atoms with Crippen LogP contribution in [0.3, 0.4) is 0 Å². The molecule has 0 bridgehead atoms. The monoisotopic (exact) mass is 723 g/mol. The second-order valence-electron chi connectivity index (χ2n) is 13.5. The van der Waals surface area contributed by atoms with E-state index in [1.54, 1.807) is 0 Å². The Morgan fingerprint density at radius 1 is 0.352 bits per heavy atom. The van der Waals surface area contributed by atoms with Crippen LogP contribution < -0.4 is 0 Å². The van der Waals surface area contributed by atoms with Gasteiger partial charge in [-0.2, -0.15) is 0 Å². The number of hydrogen-bond donors (Lipinski definition) is 0. The third kappa shape index (κ3) is 4.97. The van der Waals surface area contributed by atoms with Crippen molar-refractivity contribution in [2.45, 2.75) is 0 Å². The third-order valence-corrected chi connectivity index (χ3v) is 12.8. The SMILES string of the molecule is c1ccc(-c2nc(-c3ccc(-c4c(-c5cccc6c5sc5ccccc56)sc5c4c(-c4ccccc4)nc4ccccc45)cc3)c3ccccc3n2)cc1. The molecule has 5 heteroatoms. The Morgan fingerprint density at radius 3 is 1.72 bits per heavy atom. The summed E-state index contributed by atoms with van der Waals surface area (Å²) >= 11 is 3.76. The van der Waals surface area contributed by atoms with E-state index in [-0.39, 0.29) is 0 Å². The first-order valence-electron chi connectivity index (χ1n) is 18.0. The highest BCUT2D eigenvalue weighted by Gasteiger charge is 2.24. The second-order valence-corrected chi connectivity index (χ2v) is 15.6. The predicted octanol–water partition coefficient (Wildman–Crippen LogP) is 14.1. The quantitative estimate of drug-likeness (QED) is 0.177. The molecule has 0 saturated carbocycles. The second kappa shape index (κ2) is 12.6. The summed E-state index contributed by atoms with van der Waals surface area (Å²) in [5.41, 5.74) is 10.6. The average Bonchev–Trinajstić information content (AvgIpc) is 3.84. The van der Waals surface area contributed by atoms with Gasteiger partial charge >= 0.3 is 0 Å². The molecule has 7 aromatic carbocycles. The maximum absolute atomic E-state index is 5.39. The first kappa shape index (κ1) is 31.0. The van der Waals surface area contributed by atoms with E-state index in [1.165, 1.54) is 51.6 Å². The molecule has 0 unspecified atom stereocenters. The molecule has 252 valence electrons. The Morgan fingerprint density at radius 2 is 0.944 bits per heavy atom. The third-order valence-electron chi connectivity index (χ3n) is 10.3. The molecule has 0 fully saturated rings. The van der Waals surface area contributed by atoms with Crippen LogP contribution in [0.15, 0.2) is 176 Å². The minimum Gasteiger partial charge on any atom is -0.247 e. The average molecular weight is 724 g/mol. The standard InChI is InChI=1S/C49H29N3S2/c1-3-14-31(15-4-1)45-43-42(30-26-28-32(29-27-30)44-36-19-7-10-23-39(36)51-49(52-44)33-16-5-2-6-17-33)48(54-47(43)37-20-8-11-24-40(37)50-45)38-22-13-21-35-34-18-9-12-25-41(34)53-46(35)38/h1-29H. The maximum atomic E-state index is 5.39. The van der Waals surface area contributed by atoms with Crippen molar-refractivity contribution in [2.75, 3.05) is 0 Å². The van der Waals surface area contributed by atoms with Gasteiger partial charge in [-0.05, 0) is 23.8 Å². The molecule has 0 aliphatic rings. The van der Waals surface area contributed by atoms with Gasteiger partial charge in [0.2, 0.25) is 0 Å². The van der Waals surface area contributed by atoms with Crippen LogP contribution >= 0.6 is 22.7 Å². The molecule has 3 nitrogen and oxygen atoms in total. The molecule has 0 atom stereocenters. The first-order valence-corrected chi connectivity index (χ1v) is 19.7. The van der Waals surface area contributed by atoms with Crippen LogP contribution in [0.4, 0.5) is 0 Å². The summed E-state index contributed by atoms with van der Waals surface area (Å²) in [6.45, 7) is 0. The molecule has 11 aromatic rings. The molecule has 0 amide bonds. The van der Waals surface area contributed by atoms with E-state index in [0.717, 1.165) is 55.9 Å². The highest BCUT2D eigenvalue weighted by Crippen LogP contribution is 2.52. The van der Waals surface area contributed by atoms with E-state index >= 15 is 0 Å². The number of pyridine rings is 1. The number of benzene rings is 7. The van der Waals surface area contributed by atoms with E-state index in [2.05, 4.69) is 152 Å². The summed E-state index contributed by atoms with van der Waals surface area (Å²) in [7, 11) is 0. The molecule has 4 aromatic heterocycles. The minimum absolute atomic E-state index is 0.723. The summed E-state index contributed by atoms with van der Waals surface area (Å²) in [6.07, 6.45) is 0. The zero-order chi connectivity index (χ0) is 35.6. The number of hydrogen-bond acceptors (Lipinski definition) is 5. The van der Waals surface area contributed by atoms with E-state index in [1.807, 2.05) is 46.9 Å². The fourth-order valence-electron chi connectivity index (χ4n) is 7.79. The number of fused-ring (bicyclic) bond motifs is 7. The van der Waals surface area contributed by atoms with Crippen molar-refractivity contribution in [1.82, 2.24) is 15.0 Å². The normalized spacial score (nSPS) is 11.7. The molecule has 4 heterocycles. The Balaban J connectivity index is 1.19. The Kier molecular flexibility index (Phi) is 7.22. The Labute approximate surface area is 319 Å². The van der Waals surface area contributed by atoms with Crippen molar-refractivity contribution in [1.29, 1.82) is 0 Å². The van der Waals surface area contributed by atoms with Crippen molar-refractivity contribution in [3.8, 4) is 55.5 Å². The van der Waals surface area contributed by atoms with Gasteiger partial charge in [0.15, 0.2) is 5.82 Å². The highest BCUT2D eigenvalue weighted by atomic mass is 32.1. The van der Waals surface area contributed by atoms with E-state index in [9.17, 15) is 0 Å². The lowest BCUT2D eigenvalue weighted by molar-refractivity contribution is 1.23.